The van der Waals surface area contributed by atoms with E-state index in [2.05, 4.69) is 4.98 Å². The predicted molar refractivity (Wildman–Crippen MR) is 89.4 cm³/mol. The Morgan fingerprint density at radius 2 is 2.24 bits per heavy atom. The fourth-order valence-electron chi connectivity index (χ4n) is 2.93. The molecule has 3 rings (SSSR count). The van der Waals surface area contributed by atoms with Gasteiger partial charge in [-0.3, -0.25) is 9.78 Å². The quantitative estimate of drug-likeness (QED) is 0.765. The number of pyridine rings is 1. The van der Waals surface area contributed by atoms with Gasteiger partial charge in [0.25, 0.3) is 5.91 Å². The van der Waals surface area contributed by atoms with Crippen LogP contribution in [0.25, 0.3) is 0 Å². The van der Waals surface area contributed by atoms with Crippen molar-refractivity contribution in [3.63, 3.8) is 0 Å². The van der Waals surface area contributed by atoms with E-state index in [1.165, 1.54) is 0 Å². The lowest BCUT2D eigenvalue weighted by molar-refractivity contribution is 0.0620. The summed E-state index contributed by atoms with van der Waals surface area (Å²) in [5.74, 6) is 1.43. The molecule has 0 spiro atoms. The van der Waals surface area contributed by atoms with E-state index in [1.54, 1.807) is 43.6 Å². The molecule has 0 aromatic carbocycles. The molecule has 1 amide bonds. The topological polar surface area (TPSA) is 74.0 Å². The summed E-state index contributed by atoms with van der Waals surface area (Å²) in [6.45, 7) is 1.22. The van der Waals surface area contributed by atoms with Gasteiger partial charge in [0.2, 0.25) is 0 Å². The Morgan fingerprint density at radius 3 is 2.96 bits per heavy atom. The Morgan fingerprint density at radius 1 is 1.36 bits per heavy atom. The van der Waals surface area contributed by atoms with E-state index in [4.69, 9.17) is 18.6 Å². The first kappa shape index (κ1) is 17.4. The predicted octanol–water partition coefficient (Wildman–Crippen LogP) is 2.13. The third-order valence-electron chi connectivity index (χ3n) is 4.21. The highest BCUT2D eigenvalue weighted by Crippen LogP contribution is 2.24. The highest BCUT2D eigenvalue weighted by molar-refractivity contribution is 5.92. The SMILES string of the molecule is COCc1ccc(C(=O)N2C[C@H](OC)C[C@H]2COc2cccnc2)o1. The molecule has 1 fully saturated rings. The Balaban J connectivity index is 1.68. The molecule has 0 N–H and O–H groups in total. The minimum atomic E-state index is -0.165. The molecule has 0 bridgehead atoms. The fourth-order valence-corrected chi connectivity index (χ4v) is 2.93. The second-order valence-corrected chi connectivity index (χ2v) is 5.90. The van der Waals surface area contributed by atoms with Gasteiger partial charge in [0.1, 0.15) is 24.7 Å². The number of amides is 1. The number of furan rings is 1. The summed E-state index contributed by atoms with van der Waals surface area (Å²) in [4.78, 5) is 18.6. The maximum atomic E-state index is 12.8. The van der Waals surface area contributed by atoms with Gasteiger partial charge in [-0.2, -0.15) is 0 Å². The zero-order chi connectivity index (χ0) is 17.6. The first-order chi connectivity index (χ1) is 12.2. The van der Waals surface area contributed by atoms with Crippen molar-refractivity contribution in [3.8, 4) is 5.75 Å². The highest BCUT2D eigenvalue weighted by atomic mass is 16.5. The summed E-state index contributed by atoms with van der Waals surface area (Å²) < 4.78 is 21.8. The number of likely N-dealkylation sites (tertiary alicyclic amines) is 1. The van der Waals surface area contributed by atoms with Gasteiger partial charge in [0.15, 0.2) is 5.76 Å². The van der Waals surface area contributed by atoms with Gasteiger partial charge < -0.3 is 23.5 Å². The molecule has 134 valence electrons. The van der Waals surface area contributed by atoms with Crippen LogP contribution in [0.1, 0.15) is 22.7 Å². The van der Waals surface area contributed by atoms with Crippen molar-refractivity contribution in [1.82, 2.24) is 9.88 Å². The average molecular weight is 346 g/mol. The van der Waals surface area contributed by atoms with E-state index in [0.29, 0.717) is 43.4 Å². The second-order valence-electron chi connectivity index (χ2n) is 5.90. The number of hydrogen-bond acceptors (Lipinski definition) is 6. The Kier molecular flexibility index (Phi) is 5.67. The van der Waals surface area contributed by atoms with Gasteiger partial charge in [0, 0.05) is 27.0 Å². The number of hydrogen-bond donors (Lipinski definition) is 0. The van der Waals surface area contributed by atoms with Crippen molar-refractivity contribution in [2.24, 2.45) is 0 Å². The van der Waals surface area contributed by atoms with E-state index in [0.717, 1.165) is 0 Å². The maximum Gasteiger partial charge on any atom is 0.290 e. The molecule has 2 aromatic rings. The summed E-state index contributed by atoms with van der Waals surface area (Å²) in [6.07, 6.45) is 4.04. The van der Waals surface area contributed by atoms with E-state index in [1.807, 2.05) is 12.1 Å². The molecule has 0 unspecified atom stereocenters. The zero-order valence-electron chi connectivity index (χ0n) is 14.4. The number of carbonyl (C=O) groups is 1. The minimum absolute atomic E-state index is 0.0140. The van der Waals surface area contributed by atoms with Gasteiger partial charge in [-0.05, 0) is 30.7 Å². The van der Waals surface area contributed by atoms with Crippen molar-refractivity contribution >= 4 is 5.91 Å². The molecule has 1 saturated heterocycles. The van der Waals surface area contributed by atoms with E-state index >= 15 is 0 Å². The number of nitrogens with zero attached hydrogens (tertiary/aromatic N) is 2. The Bertz CT molecular complexity index is 688. The van der Waals surface area contributed by atoms with E-state index < -0.39 is 0 Å². The van der Waals surface area contributed by atoms with Crippen LogP contribution in [0.15, 0.2) is 41.1 Å². The molecule has 0 aliphatic carbocycles. The van der Waals surface area contributed by atoms with Crippen LogP contribution >= 0.6 is 0 Å². The lowest BCUT2D eigenvalue weighted by Crippen LogP contribution is -2.39. The number of ether oxygens (including phenoxy) is 3. The van der Waals surface area contributed by atoms with Crippen LogP contribution in [0.4, 0.5) is 0 Å². The van der Waals surface area contributed by atoms with Crippen LogP contribution in [0.2, 0.25) is 0 Å². The molecular weight excluding hydrogens is 324 g/mol. The Hall–Kier alpha value is -2.38. The molecule has 2 aromatic heterocycles. The molecule has 1 aliphatic rings. The summed E-state index contributed by atoms with van der Waals surface area (Å²) in [6, 6.07) is 6.99. The van der Waals surface area contributed by atoms with E-state index in [9.17, 15) is 4.79 Å². The monoisotopic (exact) mass is 346 g/mol. The smallest absolute Gasteiger partial charge is 0.290 e. The highest BCUT2D eigenvalue weighted by Gasteiger charge is 2.37. The van der Waals surface area contributed by atoms with Crippen molar-refractivity contribution in [2.45, 2.75) is 25.2 Å². The summed E-state index contributed by atoms with van der Waals surface area (Å²) in [5.41, 5.74) is 0. The molecule has 7 nitrogen and oxygen atoms in total. The molecule has 2 atom stereocenters. The number of carbonyl (C=O) groups excluding carboxylic acids is 1. The summed E-state index contributed by atoms with van der Waals surface area (Å²) in [5, 5.41) is 0. The first-order valence-electron chi connectivity index (χ1n) is 8.15. The van der Waals surface area contributed by atoms with Crippen LogP contribution in [-0.2, 0) is 16.1 Å². The fraction of sp³-hybridized carbons (Fsp3) is 0.444. The molecule has 1 aliphatic heterocycles. The van der Waals surface area contributed by atoms with Crippen LogP contribution < -0.4 is 4.74 Å². The van der Waals surface area contributed by atoms with Crippen molar-refractivity contribution < 1.29 is 23.4 Å². The molecule has 25 heavy (non-hydrogen) atoms. The van der Waals surface area contributed by atoms with Crippen LogP contribution in [0.5, 0.6) is 5.75 Å². The molecular formula is C18H22N2O5. The van der Waals surface area contributed by atoms with Gasteiger partial charge in [-0.15, -0.1) is 0 Å². The molecule has 3 heterocycles. The van der Waals surface area contributed by atoms with Crippen LogP contribution in [0.3, 0.4) is 0 Å². The molecule has 0 saturated carbocycles. The molecule has 0 radical (unpaired) electrons. The second kappa shape index (κ2) is 8.13. The van der Waals surface area contributed by atoms with Gasteiger partial charge in [0.05, 0.1) is 18.3 Å². The third-order valence-corrected chi connectivity index (χ3v) is 4.21. The van der Waals surface area contributed by atoms with Crippen LogP contribution in [0, 0.1) is 0 Å². The van der Waals surface area contributed by atoms with Crippen molar-refractivity contribution in [2.75, 3.05) is 27.4 Å². The van der Waals surface area contributed by atoms with Gasteiger partial charge >= 0.3 is 0 Å². The minimum Gasteiger partial charge on any atom is -0.490 e. The van der Waals surface area contributed by atoms with E-state index in [-0.39, 0.29) is 18.1 Å². The van der Waals surface area contributed by atoms with Crippen LogP contribution in [-0.4, -0.2) is 55.3 Å². The molecule has 7 heteroatoms. The lowest BCUT2D eigenvalue weighted by atomic mass is 10.2. The number of aromatic nitrogens is 1. The lowest BCUT2D eigenvalue weighted by Gasteiger charge is -2.23. The summed E-state index contributed by atoms with van der Waals surface area (Å²) >= 11 is 0. The maximum absolute atomic E-state index is 12.8. The number of methoxy groups -OCH3 is 2. The standard InChI is InChI=1S/C18H22N2O5/c1-22-12-15-5-6-17(25-15)18(21)20-10-16(23-2)8-13(20)11-24-14-4-3-7-19-9-14/h3-7,9,13,16H,8,10-12H2,1-2H3/t13-,16+/m0/s1. The first-order valence-corrected chi connectivity index (χ1v) is 8.15. The van der Waals surface area contributed by atoms with Crippen molar-refractivity contribution in [3.05, 3.63) is 48.2 Å². The normalized spacial score (nSPS) is 20.0. The van der Waals surface area contributed by atoms with Crippen molar-refractivity contribution in [1.29, 1.82) is 0 Å². The largest absolute Gasteiger partial charge is 0.490 e. The Labute approximate surface area is 146 Å². The van der Waals surface area contributed by atoms with Gasteiger partial charge in [-0.25, -0.2) is 0 Å². The average Bonchev–Trinajstić information content (AvgIpc) is 3.27. The number of rotatable bonds is 7. The zero-order valence-corrected chi connectivity index (χ0v) is 14.4. The third kappa shape index (κ3) is 4.18. The summed E-state index contributed by atoms with van der Waals surface area (Å²) in [7, 11) is 3.24. The van der Waals surface area contributed by atoms with Gasteiger partial charge in [-0.1, -0.05) is 0 Å².